The lowest BCUT2D eigenvalue weighted by atomic mass is 10.2. The van der Waals surface area contributed by atoms with Gasteiger partial charge in [-0.1, -0.05) is 41.9 Å². The first-order valence-corrected chi connectivity index (χ1v) is 5.49. The van der Waals surface area contributed by atoms with Crippen LogP contribution in [0.4, 0.5) is 5.69 Å². The van der Waals surface area contributed by atoms with Crippen molar-refractivity contribution in [1.82, 2.24) is 0 Å². The number of nitrogens with two attached hydrogens (primary N) is 1. The van der Waals surface area contributed by atoms with Gasteiger partial charge in [-0.3, -0.25) is 0 Å². The van der Waals surface area contributed by atoms with E-state index in [1.807, 2.05) is 30.3 Å². The van der Waals surface area contributed by atoms with Gasteiger partial charge >= 0.3 is 0 Å². The predicted molar refractivity (Wildman–Crippen MR) is 68.3 cm³/mol. The van der Waals surface area contributed by atoms with E-state index in [1.165, 1.54) is 12.1 Å². The molecule has 0 aliphatic carbocycles. The van der Waals surface area contributed by atoms with Crippen molar-refractivity contribution in [3.05, 3.63) is 53.1 Å². The fourth-order valence-corrected chi connectivity index (χ4v) is 1.63. The van der Waals surface area contributed by atoms with Crippen LogP contribution in [0, 0.1) is 0 Å². The van der Waals surface area contributed by atoms with Gasteiger partial charge in [0.1, 0.15) is 18.1 Å². The summed E-state index contributed by atoms with van der Waals surface area (Å²) in [6.45, 7) is 0.393. The monoisotopic (exact) mass is 249 g/mol. The average Bonchev–Trinajstić information content (AvgIpc) is 2.33. The van der Waals surface area contributed by atoms with Crippen molar-refractivity contribution < 1.29 is 9.84 Å². The van der Waals surface area contributed by atoms with Crippen molar-refractivity contribution in [2.75, 3.05) is 5.73 Å². The molecular weight excluding hydrogens is 238 g/mol. The minimum atomic E-state index is -0.0301. The van der Waals surface area contributed by atoms with Crippen LogP contribution in [0.25, 0.3) is 0 Å². The number of benzene rings is 2. The Labute approximate surface area is 104 Å². The maximum Gasteiger partial charge on any atom is 0.142 e. The van der Waals surface area contributed by atoms with Crippen LogP contribution in [0.15, 0.2) is 42.5 Å². The Morgan fingerprint density at radius 1 is 1.18 bits per heavy atom. The molecule has 0 saturated carbocycles. The van der Waals surface area contributed by atoms with Gasteiger partial charge in [0.05, 0.1) is 10.7 Å². The molecule has 0 amide bonds. The van der Waals surface area contributed by atoms with Crippen LogP contribution in [0.2, 0.25) is 5.02 Å². The molecule has 0 aromatic heterocycles. The van der Waals surface area contributed by atoms with Crippen LogP contribution in [0.1, 0.15) is 5.56 Å². The number of ether oxygens (including phenoxy) is 1. The molecule has 0 heterocycles. The largest absolute Gasteiger partial charge is 0.506 e. The zero-order chi connectivity index (χ0) is 12.3. The number of phenolic OH excluding ortho intramolecular Hbond substituents is 1. The SMILES string of the molecule is Nc1cc(Cl)c(OCc2ccccc2)cc1O. The third kappa shape index (κ3) is 2.82. The van der Waals surface area contributed by atoms with E-state index in [1.54, 1.807) is 0 Å². The summed E-state index contributed by atoms with van der Waals surface area (Å²) in [7, 11) is 0. The molecule has 3 N–H and O–H groups in total. The zero-order valence-electron chi connectivity index (χ0n) is 9.06. The Bertz CT molecular complexity index is 514. The first kappa shape index (κ1) is 11.6. The smallest absolute Gasteiger partial charge is 0.142 e. The van der Waals surface area contributed by atoms with E-state index in [2.05, 4.69) is 0 Å². The average molecular weight is 250 g/mol. The maximum absolute atomic E-state index is 9.46. The van der Waals surface area contributed by atoms with Gasteiger partial charge in [-0.25, -0.2) is 0 Å². The van der Waals surface area contributed by atoms with E-state index >= 15 is 0 Å². The summed E-state index contributed by atoms with van der Waals surface area (Å²) in [4.78, 5) is 0. The molecule has 17 heavy (non-hydrogen) atoms. The Balaban J connectivity index is 2.12. The summed E-state index contributed by atoms with van der Waals surface area (Å²) in [5, 5.41) is 9.84. The van der Waals surface area contributed by atoms with Gasteiger partial charge < -0.3 is 15.6 Å². The molecule has 3 nitrogen and oxygen atoms in total. The molecule has 0 fully saturated rings. The van der Waals surface area contributed by atoms with Gasteiger partial charge in [0, 0.05) is 6.07 Å². The summed E-state index contributed by atoms with van der Waals surface area (Å²) >= 11 is 5.95. The number of halogens is 1. The molecule has 0 aliphatic heterocycles. The van der Waals surface area contributed by atoms with Crippen LogP contribution < -0.4 is 10.5 Å². The molecule has 2 aromatic rings. The second-order valence-corrected chi connectivity index (χ2v) is 4.02. The summed E-state index contributed by atoms with van der Waals surface area (Å²) in [6.07, 6.45) is 0. The highest BCUT2D eigenvalue weighted by molar-refractivity contribution is 6.32. The lowest BCUT2D eigenvalue weighted by Gasteiger charge is -2.09. The Hall–Kier alpha value is -1.87. The molecule has 0 radical (unpaired) electrons. The fraction of sp³-hybridized carbons (Fsp3) is 0.0769. The third-order valence-electron chi connectivity index (χ3n) is 2.32. The Kier molecular flexibility index (Phi) is 3.40. The zero-order valence-corrected chi connectivity index (χ0v) is 9.82. The van der Waals surface area contributed by atoms with E-state index in [9.17, 15) is 5.11 Å². The summed E-state index contributed by atoms with van der Waals surface area (Å²) in [5.74, 6) is 0.389. The number of hydrogen-bond donors (Lipinski definition) is 2. The number of nitrogen functional groups attached to an aromatic ring is 1. The molecule has 0 saturated heterocycles. The molecule has 0 bridgehead atoms. The number of rotatable bonds is 3. The lowest BCUT2D eigenvalue weighted by molar-refractivity contribution is 0.304. The second-order valence-electron chi connectivity index (χ2n) is 3.62. The minimum Gasteiger partial charge on any atom is -0.506 e. The highest BCUT2D eigenvalue weighted by Gasteiger charge is 2.06. The molecule has 4 heteroatoms. The van der Waals surface area contributed by atoms with Gasteiger partial charge in [-0.15, -0.1) is 0 Å². The van der Waals surface area contributed by atoms with Gasteiger partial charge in [-0.2, -0.15) is 0 Å². The van der Waals surface area contributed by atoms with E-state index < -0.39 is 0 Å². The third-order valence-corrected chi connectivity index (χ3v) is 2.61. The first-order chi connectivity index (χ1) is 8.16. The standard InChI is InChI=1S/C13H12ClNO2/c14-10-6-11(15)12(16)7-13(10)17-8-9-4-2-1-3-5-9/h1-7,16H,8,15H2. The minimum absolute atomic E-state index is 0.0301. The normalized spacial score (nSPS) is 10.2. The predicted octanol–water partition coefficient (Wildman–Crippen LogP) is 3.21. The molecule has 2 rings (SSSR count). The Morgan fingerprint density at radius 3 is 2.59 bits per heavy atom. The van der Waals surface area contributed by atoms with E-state index in [4.69, 9.17) is 22.1 Å². The van der Waals surface area contributed by atoms with Gasteiger partial charge in [0.2, 0.25) is 0 Å². The summed E-state index contributed by atoms with van der Waals surface area (Å²) in [6, 6.07) is 12.6. The van der Waals surface area contributed by atoms with E-state index in [0.29, 0.717) is 17.4 Å². The van der Waals surface area contributed by atoms with Crippen LogP contribution in [-0.4, -0.2) is 5.11 Å². The highest BCUT2D eigenvalue weighted by Crippen LogP contribution is 2.33. The molecule has 0 spiro atoms. The molecule has 0 unspecified atom stereocenters. The van der Waals surface area contributed by atoms with Crippen molar-refractivity contribution in [3.8, 4) is 11.5 Å². The highest BCUT2D eigenvalue weighted by atomic mass is 35.5. The number of hydrogen-bond acceptors (Lipinski definition) is 3. The van der Waals surface area contributed by atoms with Crippen LogP contribution >= 0.6 is 11.6 Å². The molecule has 2 aromatic carbocycles. The topological polar surface area (TPSA) is 55.5 Å². The van der Waals surface area contributed by atoms with E-state index in [-0.39, 0.29) is 11.4 Å². The number of aromatic hydroxyl groups is 1. The Morgan fingerprint density at radius 2 is 1.88 bits per heavy atom. The van der Waals surface area contributed by atoms with Crippen LogP contribution in [-0.2, 0) is 6.61 Å². The fourth-order valence-electron chi connectivity index (χ4n) is 1.40. The summed E-state index contributed by atoms with van der Waals surface area (Å²) in [5.41, 5.74) is 6.77. The van der Waals surface area contributed by atoms with Crippen molar-refractivity contribution in [2.45, 2.75) is 6.61 Å². The first-order valence-electron chi connectivity index (χ1n) is 5.11. The van der Waals surface area contributed by atoms with Gasteiger partial charge in [0.25, 0.3) is 0 Å². The van der Waals surface area contributed by atoms with Crippen LogP contribution in [0.5, 0.6) is 11.5 Å². The molecular formula is C13H12ClNO2. The van der Waals surface area contributed by atoms with Crippen molar-refractivity contribution in [1.29, 1.82) is 0 Å². The molecule has 0 atom stereocenters. The van der Waals surface area contributed by atoms with Crippen molar-refractivity contribution >= 4 is 17.3 Å². The number of anilines is 1. The molecule has 88 valence electrons. The number of phenols is 1. The second kappa shape index (κ2) is 4.97. The van der Waals surface area contributed by atoms with Gasteiger partial charge in [0.15, 0.2) is 0 Å². The van der Waals surface area contributed by atoms with Crippen molar-refractivity contribution in [2.24, 2.45) is 0 Å². The summed E-state index contributed by atoms with van der Waals surface area (Å²) < 4.78 is 5.51. The van der Waals surface area contributed by atoms with Crippen LogP contribution in [0.3, 0.4) is 0 Å². The quantitative estimate of drug-likeness (QED) is 0.649. The van der Waals surface area contributed by atoms with E-state index in [0.717, 1.165) is 5.56 Å². The van der Waals surface area contributed by atoms with Crippen molar-refractivity contribution in [3.63, 3.8) is 0 Å². The van der Waals surface area contributed by atoms with Gasteiger partial charge in [-0.05, 0) is 11.6 Å². The molecule has 0 aliphatic rings. The lowest BCUT2D eigenvalue weighted by Crippen LogP contribution is -1.96. The maximum atomic E-state index is 9.46.